The minimum absolute atomic E-state index is 0.122. The van der Waals surface area contributed by atoms with E-state index >= 15 is 0 Å². The summed E-state index contributed by atoms with van der Waals surface area (Å²) < 4.78 is 0. The van der Waals surface area contributed by atoms with E-state index in [-0.39, 0.29) is 11.8 Å². The van der Waals surface area contributed by atoms with Crippen molar-refractivity contribution >= 4 is 22.1 Å². The molecule has 0 saturated carbocycles. The molecule has 156 valence electrons. The largest absolute Gasteiger partial charge is 0.298 e. The summed E-state index contributed by atoms with van der Waals surface area (Å²) in [5.74, 6) is 0.0651. The van der Waals surface area contributed by atoms with Gasteiger partial charge in [-0.15, -0.1) is 0 Å². The number of carbonyl (C=O) groups excluding carboxylic acids is 1. The number of fused-ring (bicyclic) bond motifs is 3. The first-order valence-electron chi connectivity index (χ1n) is 11.8. The maximum Gasteiger partial charge on any atom is 0.156 e. The van der Waals surface area contributed by atoms with Crippen molar-refractivity contribution in [2.45, 2.75) is 51.9 Å². The molecule has 0 aromatic heterocycles. The molecule has 1 nitrogen and oxygen atoms in total. The monoisotopic (exact) mass is 414 g/mol. The van der Waals surface area contributed by atoms with E-state index in [0.717, 1.165) is 19.3 Å². The Kier molecular flexibility index (Phi) is 3.56. The molecule has 2 unspecified atom stereocenters. The smallest absolute Gasteiger partial charge is 0.156 e. The number of ketones is 1. The molecule has 4 aliphatic rings. The molecule has 7 rings (SSSR count). The van der Waals surface area contributed by atoms with Crippen molar-refractivity contribution in [2.24, 2.45) is 0 Å². The Bertz CT molecular complexity index is 1490. The van der Waals surface area contributed by atoms with Gasteiger partial charge in [-0.05, 0) is 112 Å². The molecule has 3 aromatic rings. The van der Waals surface area contributed by atoms with E-state index in [1.807, 2.05) is 0 Å². The predicted molar refractivity (Wildman–Crippen MR) is 131 cm³/mol. The van der Waals surface area contributed by atoms with Crippen LogP contribution in [0.1, 0.15) is 62.8 Å². The highest BCUT2D eigenvalue weighted by atomic mass is 16.1. The summed E-state index contributed by atoms with van der Waals surface area (Å²) >= 11 is 0. The maximum absolute atomic E-state index is 14.5. The summed E-state index contributed by atoms with van der Waals surface area (Å²) in [6, 6.07) is 13.3. The molecule has 32 heavy (non-hydrogen) atoms. The standard InChI is InChI=1S/C31H26O/c1-16-13-17(2)26-29(24-12-11-19-7-4-5-9-22(19)24)31(32)28-23-10-6-8-20(23)15-21-14-18(3)25(16)30(26)27(21)28/h4-5,7-10,12-14,28-29H,6,11,15H2,1-3H3. The molecule has 0 N–H and O–H groups in total. The molecule has 0 spiro atoms. The van der Waals surface area contributed by atoms with Crippen LogP contribution in [0.15, 0.2) is 65.8 Å². The van der Waals surface area contributed by atoms with Crippen molar-refractivity contribution in [3.05, 3.63) is 110 Å². The Labute approximate surface area is 189 Å². The second-order valence-corrected chi connectivity index (χ2v) is 10.0. The van der Waals surface area contributed by atoms with E-state index < -0.39 is 0 Å². The van der Waals surface area contributed by atoms with Crippen molar-refractivity contribution in [1.82, 2.24) is 0 Å². The third kappa shape index (κ3) is 2.17. The highest BCUT2D eigenvalue weighted by Crippen LogP contribution is 2.56. The Hall–Kier alpha value is -3.19. The van der Waals surface area contributed by atoms with Gasteiger partial charge in [-0.25, -0.2) is 0 Å². The van der Waals surface area contributed by atoms with E-state index in [1.165, 1.54) is 72.0 Å². The van der Waals surface area contributed by atoms with Crippen molar-refractivity contribution in [1.29, 1.82) is 0 Å². The zero-order valence-corrected chi connectivity index (χ0v) is 18.9. The van der Waals surface area contributed by atoms with Crippen LogP contribution >= 0.6 is 0 Å². The molecule has 0 saturated heterocycles. The van der Waals surface area contributed by atoms with Crippen LogP contribution in [0, 0.1) is 20.8 Å². The third-order valence-corrected chi connectivity index (χ3v) is 8.26. The highest BCUT2D eigenvalue weighted by Gasteiger charge is 2.46. The van der Waals surface area contributed by atoms with Gasteiger partial charge >= 0.3 is 0 Å². The predicted octanol–water partition coefficient (Wildman–Crippen LogP) is 6.97. The van der Waals surface area contributed by atoms with E-state index in [4.69, 9.17) is 0 Å². The van der Waals surface area contributed by atoms with Crippen LogP contribution in [0.5, 0.6) is 0 Å². The number of Topliss-reactive ketones (excluding diaryl/α,β-unsaturated/α-hetero) is 1. The average molecular weight is 415 g/mol. The second kappa shape index (κ2) is 6.19. The van der Waals surface area contributed by atoms with Gasteiger partial charge in [0.15, 0.2) is 5.78 Å². The molecule has 2 atom stereocenters. The van der Waals surface area contributed by atoms with E-state index in [2.05, 4.69) is 75.4 Å². The molecule has 3 aromatic carbocycles. The molecule has 0 aliphatic heterocycles. The minimum Gasteiger partial charge on any atom is -0.298 e. The average Bonchev–Trinajstić information content (AvgIpc) is 3.40. The first-order chi connectivity index (χ1) is 15.5. The number of rotatable bonds is 1. The molecular weight excluding hydrogens is 388 g/mol. The van der Waals surface area contributed by atoms with Gasteiger partial charge in [0.25, 0.3) is 0 Å². The van der Waals surface area contributed by atoms with Gasteiger partial charge in [0.2, 0.25) is 0 Å². The summed E-state index contributed by atoms with van der Waals surface area (Å²) in [6.07, 6.45) is 9.82. The van der Waals surface area contributed by atoms with E-state index in [1.54, 1.807) is 0 Å². The number of hydrogen-bond acceptors (Lipinski definition) is 1. The van der Waals surface area contributed by atoms with E-state index in [0.29, 0.717) is 5.78 Å². The summed E-state index contributed by atoms with van der Waals surface area (Å²) in [5, 5.41) is 2.74. The van der Waals surface area contributed by atoms with Gasteiger partial charge in [-0.3, -0.25) is 4.79 Å². The Morgan fingerprint density at radius 3 is 2.41 bits per heavy atom. The summed E-state index contributed by atoms with van der Waals surface area (Å²) in [4.78, 5) is 14.5. The Morgan fingerprint density at radius 1 is 0.750 bits per heavy atom. The summed E-state index contributed by atoms with van der Waals surface area (Å²) in [5.41, 5.74) is 14.4. The fourth-order valence-corrected chi connectivity index (χ4v) is 7.12. The zero-order valence-electron chi connectivity index (χ0n) is 18.9. The summed E-state index contributed by atoms with van der Waals surface area (Å²) in [6.45, 7) is 6.70. The van der Waals surface area contributed by atoms with Crippen molar-refractivity contribution in [3.8, 4) is 0 Å². The second-order valence-electron chi connectivity index (χ2n) is 10.0. The third-order valence-electron chi connectivity index (χ3n) is 8.26. The van der Waals surface area contributed by atoms with Crippen molar-refractivity contribution in [3.63, 3.8) is 0 Å². The number of hydrogen-bond donors (Lipinski definition) is 0. The topological polar surface area (TPSA) is 17.1 Å². The minimum atomic E-state index is -0.185. The van der Waals surface area contributed by atoms with Gasteiger partial charge in [0.05, 0.1) is 11.8 Å². The highest BCUT2D eigenvalue weighted by molar-refractivity contribution is 6.15. The number of allylic oxidation sites excluding steroid dienone is 6. The Balaban J connectivity index is 1.62. The van der Waals surface area contributed by atoms with Gasteiger partial charge < -0.3 is 0 Å². The van der Waals surface area contributed by atoms with Crippen LogP contribution in [0.25, 0.3) is 16.3 Å². The number of carbonyl (C=O) groups is 1. The lowest BCUT2D eigenvalue weighted by Crippen LogP contribution is -2.32. The molecule has 1 heteroatoms. The lowest BCUT2D eigenvalue weighted by molar-refractivity contribution is -0.120. The van der Waals surface area contributed by atoms with Crippen LogP contribution in [0.2, 0.25) is 0 Å². The zero-order chi connectivity index (χ0) is 21.7. The van der Waals surface area contributed by atoms with Crippen LogP contribution in [-0.4, -0.2) is 5.78 Å². The van der Waals surface area contributed by atoms with Gasteiger partial charge in [-0.1, -0.05) is 54.6 Å². The molecule has 0 radical (unpaired) electrons. The van der Waals surface area contributed by atoms with Crippen LogP contribution in [0.3, 0.4) is 0 Å². The normalized spacial score (nSPS) is 22.5. The van der Waals surface area contributed by atoms with Crippen molar-refractivity contribution in [2.75, 3.05) is 0 Å². The van der Waals surface area contributed by atoms with Gasteiger partial charge in [-0.2, -0.15) is 0 Å². The fourth-order valence-electron chi connectivity index (χ4n) is 7.12. The molecule has 0 amide bonds. The first-order valence-corrected chi connectivity index (χ1v) is 11.8. The van der Waals surface area contributed by atoms with Crippen LogP contribution in [-0.2, 0) is 17.6 Å². The maximum atomic E-state index is 14.5. The number of benzene rings is 3. The number of aryl methyl sites for hydroxylation is 3. The first kappa shape index (κ1) is 18.4. The van der Waals surface area contributed by atoms with Gasteiger partial charge in [0.1, 0.15) is 0 Å². The lowest BCUT2D eigenvalue weighted by Gasteiger charge is -2.39. The van der Waals surface area contributed by atoms with Crippen molar-refractivity contribution < 1.29 is 4.79 Å². The molecular formula is C31H26O. The lowest BCUT2D eigenvalue weighted by atomic mass is 9.62. The fraction of sp³-hybridized carbons (Fsp3) is 0.258. The molecule has 0 bridgehead atoms. The van der Waals surface area contributed by atoms with Crippen LogP contribution in [0.4, 0.5) is 0 Å². The quantitative estimate of drug-likeness (QED) is 0.420. The van der Waals surface area contributed by atoms with Gasteiger partial charge in [0, 0.05) is 0 Å². The molecule has 4 aliphatic carbocycles. The van der Waals surface area contributed by atoms with E-state index in [9.17, 15) is 4.79 Å². The SMILES string of the molecule is Cc1cc(C)c2c(C)cc3c4c2c1C(C1=CCc2ccccc21)C(=O)C4C1=CCC=C1C3. The Morgan fingerprint density at radius 2 is 1.53 bits per heavy atom. The summed E-state index contributed by atoms with van der Waals surface area (Å²) in [7, 11) is 0. The molecule has 0 heterocycles. The molecule has 0 fully saturated rings. The van der Waals surface area contributed by atoms with Crippen LogP contribution < -0.4 is 0 Å².